The van der Waals surface area contributed by atoms with Gasteiger partial charge >= 0.3 is 0 Å². The molecule has 3 rings (SSSR count). The number of nitrogens with zero attached hydrogens (tertiary/aromatic N) is 3. The zero-order valence-corrected chi connectivity index (χ0v) is 11.3. The van der Waals surface area contributed by atoms with E-state index in [2.05, 4.69) is 50.2 Å². The second-order valence-electron chi connectivity index (χ2n) is 5.00. The molecule has 19 heavy (non-hydrogen) atoms. The largest absolute Gasteiger partial charge is 0.386 e. The molecule has 0 bridgehead atoms. The number of rotatable bonds is 3. The molecule has 1 aromatic heterocycles. The second kappa shape index (κ2) is 5.34. The Morgan fingerprint density at radius 1 is 1.21 bits per heavy atom. The van der Waals surface area contributed by atoms with Gasteiger partial charge in [-0.1, -0.05) is 12.1 Å². The zero-order valence-electron chi connectivity index (χ0n) is 11.3. The van der Waals surface area contributed by atoms with E-state index in [1.54, 1.807) is 0 Å². The first-order valence-corrected chi connectivity index (χ1v) is 6.87. The Morgan fingerprint density at radius 2 is 2.00 bits per heavy atom. The van der Waals surface area contributed by atoms with Gasteiger partial charge in [0.05, 0.1) is 17.7 Å². The van der Waals surface area contributed by atoms with Crippen LogP contribution in [-0.2, 0) is 0 Å². The van der Waals surface area contributed by atoms with Crippen LogP contribution in [0.25, 0.3) is 0 Å². The van der Waals surface area contributed by atoms with Gasteiger partial charge in [0.1, 0.15) is 0 Å². The maximum atomic E-state index is 4.14. The Balaban J connectivity index is 1.70. The van der Waals surface area contributed by atoms with Gasteiger partial charge in [-0.05, 0) is 25.0 Å². The molecule has 1 aliphatic rings. The van der Waals surface area contributed by atoms with E-state index in [0.29, 0.717) is 6.04 Å². The Hall–Kier alpha value is -1.97. The number of benzene rings is 1. The lowest BCUT2D eigenvalue weighted by Gasteiger charge is -2.35. The van der Waals surface area contributed by atoms with Crippen molar-refractivity contribution in [2.45, 2.75) is 18.9 Å². The summed E-state index contributed by atoms with van der Waals surface area (Å²) in [6, 6.07) is 9.12. The lowest BCUT2D eigenvalue weighted by molar-refractivity contribution is 0.396. The Bertz CT molecular complexity index is 513. The summed E-state index contributed by atoms with van der Waals surface area (Å²) >= 11 is 0. The van der Waals surface area contributed by atoms with Crippen molar-refractivity contribution in [1.82, 2.24) is 9.55 Å². The van der Waals surface area contributed by atoms with Crippen LogP contribution in [0.1, 0.15) is 18.9 Å². The van der Waals surface area contributed by atoms with Crippen LogP contribution in [0, 0.1) is 0 Å². The van der Waals surface area contributed by atoms with Gasteiger partial charge in [0.2, 0.25) is 0 Å². The van der Waals surface area contributed by atoms with E-state index in [-0.39, 0.29) is 0 Å². The van der Waals surface area contributed by atoms with Gasteiger partial charge in [0.25, 0.3) is 0 Å². The van der Waals surface area contributed by atoms with Crippen molar-refractivity contribution < 1.29 is 0 Å². The predicted molar refractivity (Wildman–Crippen MR) is 78.7 cm³/mol. The first kappa shape index (κ1) is 12.1. The minimum Gasteiger partial charge on any atom is -0.386 e. The SMILES string of the molecule is CNc1ccccc1N1CCC(n2ccnc2)CC1. The highest BCUT2D eigenvalue weighted by Gasteiger charge is 2.21. The standard InChI is InChI=1S/C15H20N4/c1-16-14-4-2-3-5-15(14)18-9-6-13(7-10-18)19-11-8-17-12-19/h2-5,8,11-13,16H,6-7,9-10H2,1H3. The first-order valence-electron chi connectivity index (χ1n) is 6.87. The van der Waals surface area contributed by atoms with Crippen molar-refractivity contribution in [3.8, 4) is 0 Å². The molecule has 2 heterocycles. The maximum absolute atomic E-state index is 4.14. The number of anilines is 2. The maximum Gasteiger partial charge on any atom is 0.0948 e. The van der Waals surface area contributed by atoms with Crippen LogP contribution in [0.2, 0.25) is 0 Å². The molecular formula is C15H20N4. The van der Waals surface area contributed by atoms with Gasteiger partial charge in [-0.25, -0.2) is 4.98 Å². The summed E-state index contributed by atoms with van der Waals surface area (Å²) in [5.41, 5.74) is 2.53. The van der Waals surface area contributed by atoms with Crippen molar-refractivity contribution in [3.05, 3.63) is 43.0 Å². The van der Waals surface area contributed by atoms with E-state index in [0.717, 1.165) is 13.1 Å². The van der Waals surface area contributed by atoms with Crippen LogP contribution in [0.3, 0.4) is 0 Å². The molecule has 0 amide bonds. The molecule has 1 saturated heterocycles. The lowest BCUT2D eigenvalue weighted by Crippen LogP contribution is -2.34. The van der Waals surface area contributed by atoms with E-state index in [9.17, 15) is 0 Å². The van der Waals surface area contributed by atoms with Crippen LogP contribution in [0.15, 0.2) is 43.0 Å². The van der Waals surface area contributed by atoms with E-state index in [4.69, 9.17) is 0 Å². The third kappa shape index (κ3) is 2.43. The highest BCUT2D eigenvalue weighted by molar-refractivity contribution is 5.69. The molecule has 0 spiro atoms. The van der Waals surface area contributed by atoms with E-state index in [1.807, 2.05) is 19.6 Å². The monoisotopic (exact) mass is 256 g/mol. The number of hydrogen-bond acceptors (Lipinski definition) is 3. The van der Waals surface area contributed by atoms with E-state index < -0.39 is 0 Å². The molecule has 0 unspecified atom stereocenters. The smallest absolute Gasteiger partial charge is 0.0948 e. The number of imidazole rings is 1. The average Bonchev–Trinajstić information content (AvgIpc) is 3.02. The number of nitrogens with one attached hydrogen (secondary N) is 1. The normalized spacial score (nSPS) is 16.6. The number of hydrogen-bond donors (Lipinski definition) is 1. The lowest BCUT2D eigenvalue weighted by atomic mass is 10.0. The van der Waals surface area contributed by atoms with E-state index >= 15 is 0 Å². The van der Waals surface area contributed by atoms with Gasteiger partial charge in [-0.2, -0.15) is 0 Å². The Morgan fingerprint density at radius 3 is 2.68 bits per heavy atom. The van der Waals surface area contributed by atoms with E-state index in [1.165, 1.54) is 24.2 Å². The van der Waals surface area contributed by atoms with Crippen molar-refractivity contribution >= 4 is 11.4 Å². The molecule has 0 aliphatic carbocycles. The molecule has 4 nitrogen and oxygen atoms in total. The summed E-state index contributed by atoms with van der Waals surface area (Å²) in [5, 5.41) is 3.27. The highest BCUT2D eigenvalue weighted by Crippen LogP contribution is 2.30. The minimum absolute atomic E-state index is 0.598. The highest BCUT2D eigenvalue weighted by atomic mass is 15.2. The molecule has 0 saturated carbocycles. The van der Waals surface area contributed by atoms with Crippen LogP contribution in [0.4, 0.5) is 11.4 Å². The third-order valence-corrected chi connectivity index (χ3v) is 3.93. The Labute approximate surface area is 114 Å². The van der Waals surface area contributed by atoms with Gasteiger partial charge in [0, 0.05) is 38.6 Å². The molecule has 1 aliphatic heterocycles. The fourth-order valence-corrected chi connectivity index (χ4v) is 2.85. The molecule has 0 atom stereocenters. The van der Waals surface area contributed by atoms with Crippen molar-refractivity contribution in [1.29, 1.82) is 0 Å². The van der Waals surface area contributed by atoms with Gasteiger partial charge in [0.15, 0.2) is 0 Å². The van der Waals surface area contributed by atoms with Crippen LogP contribution in [-0.4, -0.2) is 29.7 Å². The average molecular weight is 256 g/mol. The molecule has 1 aromatic carbocycles. The third-order valence-electron chi connectivity index (χ3n) is 3.93. The molecular weight excluding hydrogens is 236 g/mol. The number of aromatic nitrogens is 2. The minimum atomic E-state index is 0.598. The summed E-state index contributed by atoms with van der Waals surface area (Å²) in [5.74, 6) is 0. The predicted octanol–water partition coefficient (Wildman–Crippen LogP) is 2.77. The topological polar surface area (TPSA) is 33.1 Å². The number of para-hydroxylation sites is 2. The summed E-state index contributed by atoms with van der Waals surface area (Å²) in [6.45, 7) is 2.20. The Kier molecular flexibility index (Phi) is 3.40. The quantitative estimate of drug-likeness (QED) is 0.916. The molecule has 100 valence electrons. The van der Waals surface area contributed by atoms with Crippen LogP contribution < -0.4 is 10.2 Å². The van der Waals surface area contributed by atoms with Gasteiger partial charge in [-0.3, -0.25) is 0 Å². The van der Waals surface area contributed by atoms with Gasteiger partial charge < -0.3 is 14.8 Å². The van der Waals surface area contributed by atoms with Gasteiger partial charge in [-0.15, -0.1) is 0 Å². The second-order valence-corrected chi connectivity index (χ2v) is 5.00. The number of piperidine rings is 1. The molecule has 1 N–H and O–H groups in total. The molecule has 2 aromatic rings. The van der Waals surface area contributed by atoms with Crippen LogP contribution >= 0.6 is 0 Å². The summed E-state index contributed by atoms with van der Waals surface area (Å²) in [6.07, 6.45) is 8.22. The molecule has 1 fully saturated rings. The summed E-state index contributed by atoms with van der Waals surface area (Å²) in [4.78, 5) is 6.61. The fourth-order valence-electron chi connectivity index (χ4n) is 2.85. The first-order chi connectivity index (χ1) is 9.38. The van der Waals surface area contributed by atoms with Crippen molar-refractivity contribution in [2.75, 3.05) is 30.4 Å². The molecule has 4 heteroatoms. The zero-order chi connectivity index (χ0) is 13.1. The van der Waals surface area contributed by atoms with Crippen molar-refractivity contribution in [3.63, 3.8) is 0 Å². The van der Waals surface area contributed by atoms with Crippen molar-refractivity contribution in [2.24, 2.45) is 0 Å². The summed E-state index contributed by atoms with van der Waals surface area (Å²) in [7, 11) is 1.98. The summed E-state index contributed by atoms with van der Waals surface area (Å²) < 4.78 is 2.24. The molecule has 0 radical (unpaired) electrons. The fraction of sp³-hybridized carbons (Fsp3) is 0.400. The van der Waals surface area contributed by atoms with Crippen LogP contribution in [0.5, 0.6) is 0 Å².